The van der Waals surface area contributed by atoms with Crippen LogP contribution in [0.3, 0.4) is 0 Å². The number of hydrogen-bond donors (Lipinski definition) is 1. The van der Waals surface area contributed by atoms with Gasteiger partial charge in [-0.15, -0.1) is 11.8 Å². The van der Waals surface area contributed by atoms with E-state index in [0.29, 0.717) is 5.25 Å². The van der Waals surface area contributed by atoms with Gasteiger partial charge in [-0.2, -0.15) is 5.10 Å². The van der Waals surface area contributed by atoms with Gasteiger partial charge < -0.3 is 0 Å². The topological polar surface area (TPSA) is 28.7 Å². The lowest BCUT2D eigenvalue weighted by molar-refractivity contribution is 1.08. The number of nitrogens with zero attached hydrogens (tertiary/aromatic N) is 1. The maximum atomic E-state index is 5.14. The summed E-state index contributed by atoms with van der Waals surface area (Å²) in [6, 6.07) is 1.89. The van der Waals surface area contributed by atoms with Crippen LogP contribution in [-0.4, -0.2) is 19.6 Å². The Labute approximate surface area is 75.8 Å². The molecule has 1 heterocycles. The van der Waals surface area contributed by atoms with Crippen LogP contribution >= 0.6 is 24.0 Å². The number of hydrogen-bond acceptors (Lipinski definition) is 3. The summed E-state index contributed by atoms with van der Waals surface area (Å²) in [7, 11) is 0. The molecule has 0 unspecified atom stereocenters. The van der Waals surface area contributed by atoms with Crippen molar-refractivity contribution in [2.45, 2.75) is 19.1 Å². The summed E-state index contributed by atoms with van der Waals surface area (Å²) in [5.74, 6) is 0. The molecule has 0 amide bonds. The summed E-state index contributed by atoms with van der Waals surface area (Å²) >= 11 is 6.81. The van der Waals surface area contributed by atoms with Crippen LogP contribution in [0.2, 0.25) is 0 Å². The van der Waals surface area contributed by atoms with Crippen molar-refractivity contribution < 1.29 is 0 Å². The summed E-state index contributed by atoms with van der Waals surface area (Å²) in [5.41, 5.74) is 0.943. The molecule has 0 fully saturated rings. The molecule has 0 spiro atoms. The van der Waals surface area contributed by atoms with Crippen molar-refractivity contribution in [1.29, 1.82) is 0 Å². The predicted molar refractivity (Wildman–Crippen MR) is 53.0 cm³/mol. The summed E-state index contributed by atoms with van der Waals surface area (Å²) in [6.45, 7) is 4.24. The normalized spacial score (nSPS) is 10.5. The van der Waals surface area contributed by atoms with Gasteiger partial charge >= 0.3 is 0 Å². The van der Waals surface area contributed by atoms with Crippen LogP contribution in [0.4, 0.5) is 0 Å². The van der Waals surface area contributed by atoms with Crippen molar-refractivity contribution >= 4 is 28.2 Å². The van der Waals surface area contributed by atoms with E-state index in [1.54, 1.807) is 18.0 Å². The Kier molecular flexibility index (Phi) is 3.08. The summed E-state index contributed by atoms with van der Waals surface area (Å²) in [6.07, 6.45) is 1.71. The highest BCUT2D eigenvalue weighted by Crippen LogP contribution is 2.16. The molecule has 60 valence electrons. The molecular weight excluding hydrogens is 176 g/mol. The van der Waals surface area contributed by atoms with E-state index >= 15 is 0 Å². The maximum Gasteiger partial charge on any atom is 0.0959 e. The highest BCUT2D eigenvalue weighted by atomic mass is 32.2. The zero-order valence-electron chi connectivity index (χ0n) is 6.50. The molecule has 0 saturated heterocycles. The summed E-state index contributed by atoms with van der Waals surface area (Å²) in [4.78, 5) is 0. The molecule has 0 atom stereocenters. The van der Waals surface area contributed by atoms with Crippen LogP contribution in [0.15, 0.2) is 12.3 Å². The second-order valence-corrected chi connectivity index (χ2v) is 4.68. The Morgan fingerprint density at radius 3 is 2.91 bits per heavy atom. The molecule has 1 aromatic heterocycles. The number of nitrogens with one attached hydrogen (secondary N) is 1. The fourth-order valence-corrected chi connectivity index (χ4v) is 2.01. The number of thioether (sulfide) groups is 1. The average molecular weight is 186 g/mol. The SMILES string of the molecule is CC(C)SC(=S)c1ccn[nH]1. The first-order valence-electron chi connectivity index (χ1n) is 3.40. The van der Waals surface area contributed by atoms with E-state index in [1.807, 2.05) is 6.07 Å². The van der Waals surface area contributed by atoms with Crippen molar-refractivity contribution in [2.75, 3.05) is 0 Å². The van der Waals surface area contributed by atoms with Crippen LogP contribution in [-0.2, 0) is 0 Å². The first kappa shape index (κ1) is 8.74. The molecule has 0 aliphatic heterocycles. The van der Waals surface area contributed by atoms with Gasteiger partial charge in [0.05, 0.1) is 9.89 Å². The first-order valence-corrected chi connectivity index (χ1v) is 4.69. The van der Waals surface area contributed by atoms with Crippen LogP contribution in [0.25, 0.3) is 0 Å². The smallest absolute Gasteiger partial charge is 0.0959 e. The standard InChI is InChI=1S/C7H10N2S2/c1-5(2)11-7(10)6-3-4-8-9-6/h3-5H,1-2H3,(H,8,9). The van der Waals surface area contributed by atoms with Gasteiger partial charge in [-0.25, -0.2) is 0 Å². The lowest BCUT2D eigenvalue weighted by atomic mass is 10.5. The zero-order chi connectivity index (χ0) is 8.27. The van der Waals surface area contributed by atoms with Crippen LogP contribution in [0.1, 0.15) is 19.5 Å². The third-order valence-electron chi connectivity index (χ3n) is 1.06. The third-order valence-corrected chi connectivity index (χ3v) is 2.48. The molecule has 0 radical (unpaired) electrons. The number of H-pyrrole nitrogens is 1. The van der Waals surface area contributed by atoms with Crippen LogP contribution in [0, 0.1) is 0 Å². The molecule has 1 N–H and O–H groups in total. The summed E-state index contributed by atoms with van der Waals surface area (Å²) in [5, 5.41) is 7.19. The lowest BCUT2D eigenvalue weighted by Crippen LogP contribution is -1.97. The molecule has 1 rings (SSSR count). The average Bonchev–Trinajstić information content (AvgIpc) is 2.35. The predicted octanol–water partition coefficient (Wildman–Crippen LogP) is 2.23. The maximum absolute atomic E-state index is 5.14. The molecule has 1 aromatic rings. The fraction of sp³-hybridized carbons (Fsp3) is 0.429. The second-order valence-electron chi connectivity index (χ2n) is 2.42. The first-order chi connectivity index (χ1) is 5.20. The third kappa shape index (κ3) is 2.63. The zero-order valence-corrected chi connectivity index (χ0v) is 8.13. The fourth-order valence-electron chi connectivity index (χ4n) is 0.647. The van der Waals surface area contributed by atoms with Crippen LogP contribution < -0.4 is 0 Å². The van der Waals surface area contributed by atoms with E-state index in [1.165, 1.54) is 0 Å². The number of aromatic nitrogens is 2. The van der Waals surface area contributed by atoms with E-state index in [4.69, 9.17) is 12.2 Å². The molecule has 0 aliphatic rings. The molecule has 11 heavy (non-hydrogen) atoms. The monoisotopic (exact) mass is 186 g/mol. The Hall–Kier alpha value is -0.350. The van der Waals surface area contributed by atoms with Gasteiger partial charge in [0.25, 0.3) is 0 Å². The minimum Gasteiger partial charge on any atom is -0.276 e. The largest absolute Gasteiger partial charge is 0.276 e. The number of thiocarbonyl (C=S) groups is 1. The highest BCUT2D eigenvalue weighted by molar-refractivity contribution is 8.24. The summed E-state index contributed by atoms with van der Waals surface area (Å²) < 4.78 is 0.887. The van der Waals surface area contributed by atoms with Gasteiger partial charge in [0.1, 0.15) is 0 Å². The van der Waals surface area contributed by atoms with Gasteiger partial charge in [0.15, 0.2) is 0 Å². The minimum atomic E-state index is 0.533. The number of aromatic amines is 1. The van der Waals surface area contributed by atoms with E-state index in [0.717, 1.165) is 9.89 Å². The minimum absolute atomic E-state index is 0.533. The van der Waals surface area contributed by atoms with Crippen molar-refractivity contribution in [2.24, 2.45) is 0 Å². The van der Waals surface area contributed by atoms with E-state index < -0.39 is 0 Å². The van der Waals surface area contributed by atoms with E-state index in [9.17, 15) is 0 Å². The van der Waals surface area contributed by atoms with Crippen molar-refractivity contribution in [3.8, 4) is 0 Å². The van der Waals surface area contributed by atoms with Gasteiger partial charge in [-0.1, -0.05) is 26.1 Å². The van der Waals surface area contributed by atoms with Crippen molar-refractivity contribution in [3.63, 3.8) is 0 Å². The van der Waals surface area contributed by atoms with Crippen molar-refractivity contribution in [3.05, 3.63) is 18.0 Å². The molecule has 0 saturated carbocycles. The van der Waals surface area contributed by atoms with Gasteiger partial charge in [0, 0.05) is 11.4 Å². The quantitative estimate of drug-likeness (QED) is 0.718. The molecule has 0 aliphatic carbocycles. The Balaban J connectivity index is 2.57. The van der Waals surface area contributed by atoms with E-state index in [2.05, 4.69) is 24.0 Å². The Morgan fingerprint density at radius 2 is 2.45 bits per heavy atom. The van der Waals surface area contributed by atoms with Gasteiger partial charge in [-0.3, -0.25) is 5.10 Å². The molecule has 0 aromatic carbocycles. The highest BCUT2D eigenvalue weighted by Gasteiger charge is 2.04. The molecule has 2 nitrogen and oxygen atoms in total. The molecule has 4 heteroatoms. The van der Waals surface area contributed by atoms with Crippen molar-refractivity contribution in [1.82, 2.24) is 10.2 Å². The Bertz CT molecular complexity index is 229. The Morgan fingerprint density at radius 1 is 1.73 bits per heavy atom. The van der Waals surface area contributed by atoms with Gasteiger partial charge in [-0.05, 0) is 6.07 Å². The molecule has 0 bridgehead atoms. The molecular formula is C7H10N2S2. The van der Waals surface area contributed by atoms with Crippen LogP contribution in [0.5, 0.6) is 0 Å². The second kappa shape index (κ2) is 3.88. The van der Waals surface area contributed by atoms with Gasteiger partial charge in [0.2, 0.25) is 0 Å². The lowest BCUT2D eigenvalue weighted by Gasteiger charge is -2.02. The number of rotatable bonds is 2. The van der Waals surface area contributed by atoms with E-state index in [-0.39, 0.29) is 0 Å².